The number of benzene rings is 1. The molecule has 0 radical (unpaired) electrons. The van der Waals surface area contributed by atoms with E-state index < -0.39 is 0 Å². The number of likely N-dealkylation sites (N-methyl/N-ethyl adjacent to an activating group) is 1. The van der Waals surface area contributed by atoms with E-state index in [2.05, 4.69) is 37.2 Å². The average molecular weight is 422 g/mol. The summed E-state index contributed by atoms with van der Waals surface area (Å²) in [6.07, 6.45) is 0.277. The Morgan fingerprint density at radius 1 is 1.33 bits per heavy atom. The van der Waals surface area contributed by atoms with E-state index in [1.807, 2.05) is 18.2 Å². The molecule has 0 saturated heterocycles. The number of carbonyl (C=O) groups excluding carboxylic acids is 2. The van der Waals surface area contributed by atoms with E-state index in [4.69, 9.17) is 4.74 Å². The summed E-state index contributed by atoms with van der Waals surface area (Å²) in [4.78, 5) is 24.9. The number of rotatable bonds is 7. The molecule has 21 heavy (non-hydrogen) atoms. The van der Waals surface area contributed by atoms with E-state index >= 15 is 0 Å². The van der Waals surface area contributed by atoms with Crippen molar-refractivity contribution in [2.75, 3.05) is 32.1 Å². The summed E-state index contributed by atoms with van der Waals surface area (Å²) in [7, 11) is 1.79. The molecule has 1 aromatic carbocycles. The fourth-order valence-corrected chi connectivity index (χ4v) is 2.77. The Labute approximate surface area is 141 Å². The van der Waals surface area contributed by atoms with Crippen LogP contribution in [-0.2, 0) is 14.3 Å². The number of hydrogen-bond donors (Lipinski definition) is 1. The van der Waals surface area contributed by atoms with Gasteiger partial charge in [-0.1, -0.05) is 15.9 Å². The molecule has 0 aliphatic heterocycles. The highest BCUT2D eigenvalue weighted by Crippen LogP contribution is 2.26. The Kier molecular flexibility index (Phi) is 7.92. The lowest BCUT2D eigenvalue weighted by Gasteiger charge is -2.16. The Balaban J connectivity index is 2.40. The largest absolute Gasteiger partial charge is 0.466 e. The number of amides is 1. The summed E-state index contributed by atoms with van der Waals surface area (Å²) in [6.45, 7) is 2.83. The number of esters is 1. The zero-order chi connectivity index (χ0) is 15.8. The van der Waals surface area contributed by atoms with Crippen LogP contribution in [0.1, 0.15) is 13.3 Å². The third-order valence-corrected chi connectivity index (χ3v) is 3.77. The van der Waals surface area contributed by atoms with Gasteiger partial charge in [0, 0.05) is 15.5 Å². The summed E-state index contributed by atoms with van der Waals surface area (Å²) >= 11 is 6.74. The van der Waals surface area contributed by atoms with E-state index in [0.29, 0.717) is 18.8 Å². The van der Waals surface area contributed by atoms with E-state index in [0.717, 1.165) is 8.95 Å². The van der Waals surface area contributed by atoms with E-state index in [-0.39, 0.29) is 24.8 Å². The van der Waals surface area contributed by atoms with Crippen molar-refractivity contribution in [1.82, 2.24) is 4.90 Å². The second kappa shape index (κ2) is 9.17. The van der Waals surface area contributed by atoms with Crippen molar-refractivity contribution in [3.05, 3.63) is 27.1 Å². The topological polar surface area (TPSA) is 58.6 Å². The van der Waals surface area contributed by atoms with Crippen LogP contribution in [0, 0.1) is 0 Å². The van der Waals surface area contributed by atoms with Crippen molar-refractivity contribution in [1.29, 1.82) is 0 Å². The predicted molar refractivity (Wildman–Crippen MR) is 89.2 cm³/mol. The third-order valence-electron chi connectivity index (χ3n) is 2.62. The lowest BCUT2D eigenvalue weighted by molar-refractivity contribution is -0.143. The first-order chi connectivity index (χ1) is 9.92. The van der Waals surface area contributed by atoms with Gasteiger partial charge in [0.15, 0.2) is 0 Å². The fourth-order valence-electron chi connectivity index (χ4n) is 1.62. The van der Waals surface area contributed by atoms with Crippen LogP contribution in [0.15, 0.2) is 27.1 Å². The smallest absolute Gasteiger partial charge is 0.307 e. The van der Waals surface area contributed by atoms with Gasteiger partial charge in [-0.05, 0) is 48.1 Å². The molecule has 1 N–H and O–H groups in total. The van der Waals surface area contributed by atoms with Crippen LogP contribution in [-0.4, -0.2) is 43.5 Å². The molecule has 0 bridgehead atoms. The van der Waals surface area contributed by atoms with Crippen molar-refractivity contribution >= 4 is 49.4 Å². The highest BCUT2D eigenvalue weighted by atomic mass is 79.9. The van der Waals surface area contributed by atoms with Crippen LogP contribution in [0.5, 0.6) is 0 Å². The normalized spacial score (nSPS) is 10.5. The minimum absolute atomic E-state index is 0.135. The molecule has 1 rings (SSSR count). The highest BCUT2D eigenvalue weighted by molar-refractivity contribution is 9.11. The first-order valence-corrected chi connectivity index (χ1v) is 8.10. The van der Waals surface area contributed by atoms with E-state index in [1.54, 1.807) is 18.9 Å². The Morgan fingerprint density at radius 2 is 2.05 bits per heavy atom. The van der Waals surface area contributed by atoms with Gasteiger partial charge in [-0.15, -0.1) is 0 Å². The second-order valence-corrected chi connectivity index (χ2v) is 6.24. The minimum atomic E-state index is -0.250. The fraction of sp³-hybridized carbons (Fsp3) is 0.429. The second-order valence-electron chi connectivity index (χ2n) is 4.47. The molecular formula is C14H18Br2N2O3. The first-order valence-electron chi connectivity index (χ1n) is 6.51. The van der Waals surface area contributed by atoms with Crippen LogP contribution in [0.25, 0.3) is 0 Å². The molecule has 116 valence electrons. The molecule has 7 heteroatoms. The van der Waals surface area contributed by atoms with Crippen molar-refractivity contribution in [3.8, 4) is 0 Å². The molecule has 0 unspecified atom stereocenters. The van der Waals surface area contributed by atoms with Crippen molar-refractivity contribution < 1.29 is 14.3 Å². The van der Waals surface area contributed by atoms with Crippen molar-refractivity contribution in [2.24, 2.45) is 0 Å². The summed E-state index contributed by atoms with van der Waals surface area (Å²) in [6, 6.07) is 5.52. The molecule has 0 atom stereocenters. The SMILES string of the molecule is CCOC(=O)CCN(C)CC(=O)Nc1ccc(Br)cc1Br. The minimum Gasteiger partial charge on any atom is -0.466 e. The summed E-state index contributed by atoms with van der Waals surface area (Å²) in [5, 5.41) is 2.82. The maximum absolute atomic E-state index is 11.9. The van der Waals surface area contributed by atoms with Gasteiger partial charge in [0.2, 0.25) is 5.91 Å². The zero-order valence-corrected chi connectivity index (χ0v) is 15.2. The van der Waals surface area contributed by atoms with Crippen molar-refractivity contribution in [2.45, 2.75) is 13.3 Å². The molecule has 0 saturated carbocycles. The maximum atomic E-state index is 11.9. The quantitative estimate of drug-likeness (QED) is 0.687. The van der Waals surface area contributed by atoms with Crippen LogP contribution < -0.4 is 5.32 Å². The molecular weight excluding hydrogens is 404 g/mol. The molecule has 0 fully saturated rings. The van der Waals surface area contributed by atoms with Gasteiger partial charge in [-0.3, -0.25) is 14.5 Å². The number of carbonyl (C=O) groups is 2. The summed E-state index contributed by atoms with van der Waals surface area (Å²) in [5.74, 6) is -0.384. The zero-order valence-electron chi connectivity index (χ0n) is 12.0. The highest BCUT2D eigenvalue weighted by Gasteiger charge is 2.11. The first kappa shape index (κ1) is 18.1. The number of hydrogen-bond acceptors (Lipinski definition) is 4. The molecule has 1 aromatic rings. The van der Waals surface area contributed by atoms with E-state index in [9.17, 15) is 9.59 Å². The van der Waals surface area contributed by atoms with Gasteiger partial charge >= 0.3 is 5.97 Å². The van der Waals surface area contributed by atoms with Gasteiger partial charge in [-0.25, -0.2) is 0 Å². The number of anilines is 1. The maximum Gasteiger partial charge on any atom is 0.307 e. The van der Waals surface area contributed by atoms with Gasteiger partial charge < -0.3 is 10.1 Å². The molecule has 5 nitrogen and oxygen atoms in total. The van der Waals surface area contributed by atoms with Gasteiger partial charge in [0.1, 0.15) is 0 Å². The predicted octanol–water partition coefficient (Wildman–Crippen LogP) is 3.04. The standard InChI is InChI=1S/C14H18Br2N2O3/c1-3-21-14(20)6-7-18(2)9-13(19)17-12-5-4-10(15)8-11(12)16/h4-5,8H,3,6-7,9H2,1-2H3,(H,17,19). The number of nitrogens with one attached hydrogen (secondary N) is 1. The van der Waals surface area contributed by atoms with Gasteiger partial charge in [0.25, 0.3) is 0 Å². The lowest BCUT2D eigenvalue weighted by Crippen LogP contribution is -2.32. The average Bonchev–Trinajstić information content (AvgIpc) is 2.40. The van der Waals surface area contributed by atoms with Gasteiger partial charge in [0.05, 0.1) is 25.3 Å². The Hall–Kier alpha value is -0.920. The Morgan fingerprint density at radius 3 is 2.67 bits per heavy atom. The van der Waals surface area contributed by atoms with Gasteiger partial charge in [-0.2, -0.15) is 0 Å². The summed E-state index contributed by atoms with van der Waals surface area (Å²) in [5.41, 5.74) is 0.710. The van der Waals surface area contributed by atoms with E-state index in [1.165, 1.54) is 0 Å². The Bertz CT molecular complexity index is 509. The lowest BCUT2D eigenvalue weighted by atomic mass is 10.3. The molecule has 0 heterocycles. The molecule has 0 aliphatic rings. The molecule has 0 aromatic heterocycles. The summed E-state index contributed by atoms with van der Waals surface area (Å²) < 4.78 is 6.58. The van der Waals surface area contributed by atoms with Crippen LogP contribution in [0.4, 0.5) is 5.69 Å². The van der Waals surface area contributed by atoms with Crippen LogP contribution >= 0.6 is 31.9 Å². The molecule has 0 spiro atoms. The van der Waals surface area contributed by atoms with Crippen LogP contribution in [0.3, 0.4) is 0 Å². The monoisotopic (exact) mass is 420 g/mol. The van der Waals surface area contributed by atoms with Crippen LogP contribution in [0.2, 0.25) is 0 Å². The number of ether oxygens (including phenoxy) is 1. The number of nitrogens with zero attached hydrogens (tertiary/aromatic N) is 1. The number of halogens is 2. The molecule has 0 aliphatic carbocycles. The third kappa shape index (κ3) is 7.06. The molecule has 1 amide bonds. The van der Waals surface area contributed by atoms with Crippen molar-refractivity contribution in [3.63, 3.8) is 0 Å².